The lowest BCUT2D eigenvalue weighted by atomic mass is 9.88. The van der Waals surface area contributed by atoms with E-state index in [1.165, 1.54) is 6.92 Å². The molecule has 0 bridgehead atoms. The van der Waals surface area contributed by atoms with Crippen LogP contribution >= 0.6 is 0 Å². The molecule has 2 amide bonds. The van der Waals surface area contributed by atoms with E-state index in [1.807, 2.05) is 18.2 Å². The third-order valence-electron chi connectivity index (χ3n) is 10.3. The number of unbranched alkanes of at least 4 members (excludes halogenated alkanes) is 4. The van der Waals surface area contributed by atoms with Gasteiger partial charge in [0.25, 0.3) is 0 Å². The molecule has 50 heavy (non-hydrogen) atoms. The Bertz CT molecular complexity index is 1370. The SMILES string of the molecule is CCCCCC1(CCCCC)O[C@@H]2[C@@H](C=C(C(=O)N[C@@H](C(=O)NCCO)[C@H](C)O)C[C@H]2OC(=O)c2ccccc2C=CC2CCC3OC3C2)O1. The van der Waals surface area contributed by atoms with Gasteiger partial charge in [0, 0.05) is 31.4 Å². The summed E-state index contributed by atoms with van der Waals surface area (Å²) >= 11 is 0. The van der Waals surface area contributed by atoms with Gasteiger partial charge >= 0.3 is 5.97 Å². The van der Waals surface area contributed by atoms with Gasteiger partial charge in [0.1, 0.15) is 24.4 Å². The molecule has 0 radical (unpaired) electrons. The summed E-state index contributed by atoms with van der Waals surface area (Å²) in [7, 11) is 0. The Morgan fingerprint density at radius 2 is 1.78 bits per heavy atom. The van der Waals surface area contributed by atoms with Crippen LogP contribution in [-0.4, -0.2) is 89.6 Å². The van der Waals surface area contributed by atoms with Crippen molar-refractivity contribution in [3.05, 3.63) is 53.1 Å². The molecule has 1 aromatic carbocycles. The van der Waals surface area contributed by atoms with Gasteiger partial charge in [-0.25, -0.2) is 4.79 Å². The summed E-state index contributed by atoms with van der Waals surface area (Å²) in [6.07, 6.45) is 13.8. The highest BCUT2D eigenvalue weighted by Crippen LogP contribution is 2.43. The number of benzene rings is 1. The molecular formula is C39H56N2O9. The van der Waals surface area contributed by atoms with Crippen molar-refractivity contribution in [2.45, 2.75) is 146 Å². The van der Waals surface area contributed by atoms with E-state index in [2.05, 4.69) is 30.6 Å². The van der Waals surface area contributed by atoms with Crippen LogP contribution in [0, 0.1) is 5.92 Å². The normalized spacial score (nSPS) is 27.8. The van der Waals surface area contributed by atoms with Gasteiger partial charge in [-0.2, -0.15) is 0 Å². The Morgan fingerprint density at radius 3 is 2.46 bits per heavy atom. The maximum Gasteiger partial charge on any atom is 0.339 e. The first-order valence-electron chi connectivity index (χ1n) is 18.7. The number of hydrogen-bond donors (Lipinski definition) is 4. The molecular weight excluding hydrogens is 640 g/mol. The molecule has 5 rings (SSSR count). The number of fused-ring (bicyclic) bond motifs is 2. The standard InChI is InChI=1S/C39H56N2O9/c1-4-6-10-18-39(19-11-7-5-2)49-33-24-28(36(44)41-34(25(3)43)37(45)40-20-21-42)23-32(35(33)50-39)48-38(46)29-13-9-8-12-27(29)16-14-26-15-17-30-31(22-26)47-30/h8-9,12-14,16,24-26,30-35,42-43H,4-7,10-11,15,17-23H2,1-3H3,(H,40,45)(H,41,44)/t25-,26?,30?,31?,32+,33+,34+,35-/m0/s1. The highest BCUT2D eigenvalue weighted by Gasteiger charge is 2.52. The minimum atomic E-state index is -1.25. The molecule has 11 nitrogen and oxygen atoms in total. The van der Waals surface area contributed by atoms with Gasteiger partial charge in [0.2, 0.25) is 11.8 Å². The Balaban J connectivity index is 1.38. The summed E-state index contributed by atoms with van der Waals surface area (Å²) < 4.78 is 25.4. The monoisotopic (exact) mass is 696 g/mol. The van der Waals surface area contributed by atoms with Crippen LogP contribution in [0.1, 0.15) is 114 Å². The minimum Gasteiger partial charge on any atom is -0.456 e. The van der Waals surface area contributed by atoms with Crippen molar-refractivity contribution < 1.29 is 43.5 Å². The number of aliphatic hydroxyl groups is 2. The Hall–Kier alpha value is -3.09. The zero-order valence-corrected chi connectivity index (χ0v) is 29.8. The number of amides is 2. The number of esters is 1. The molecule has 2 aliphatic carbocycles. The highest BCUT2D eigenvalue weighted by atomic mass is 16.8. The topological polar surface area (TPSA) is 156 Å². The van der Waals surface area contributed by atoms with E-state index in [0.29, 0.717) is 36.5 Å². The number of carbonyl (C=O) groups is 3. The number of nitrogens with one attached hydrogen (secondary N) is 2. The highest BCUT2D eigenvalue weighted by molar-refractivity contribution is 5.98. The van der Waals surface area contributed by atoms with Gasteiger partial charge in [0.15, 0.2) is 5.79 Å². The summed E-state index contributed by atoms with van der Waals surface area (Å²) in [6.45, 7) is 5.40. The number of aliphatic hydroxyl groups excluding tert-OH is 2. The minimum absolute atomic E-state index is 0.0154. The molecule has 8 atom stereocenters. The largest absolute Gasteiger partial charge is 0.456 e. The first-order chi connectivity index (χ1) is 24.2. The maximum atomic E-state index is 13.9. The first kappa shape index (κ1) is 38.1. The van der Waals surface area contributed by atoms with E-state index in [4.69, 9.17) is 24.1 Å². The molecule has 1 saturated carbocycles. The number of epoxide rings is 1. The molecule has 1 aromatic rings. The number of rotatable bonds is 18. The van der Waals surface area contributed by atoms with Crippen LogP contribution in [0.5, 0.6) is 0 Å². The molecule has 4 aliphatic rings. The summed E-state index contributed by atoms with van der Waals surface area (Å²) in [5, 5.41) is 24.6. The Labute approximate surface area is 296 Å². The van der Waals surface area contributed by atoms with Crippen molar-refractivity contribution in [2.75, 3.05) is 13.2 Å². The Morgan fingerprint density at radius 1 is 1.04 bits per heavy atom. The van der Waals surface area contributed by atoms with Crippen LogP contribution in [0.15, 0.2) is 42.0 Å². The van der Waals surface area contributed by atoms with E-state index in [1.54, 1.807) is 18.2 Å². The second kappa shape index (κ2) is 17.9. The number of ether oxygens (including phenoxy) is 4. The molecule has 2 aliphatic heterocycles. The zero-order chi connectivity index (χ0) is 35.7. The molecule has 276 valence electrons. The maximum absolute atomic E-state index is 13.9. The van der Waals surface area contributed by atoms with E-state index in [0.717, 1.165) is 63.4 Å². The van der Waals surface area contributed by atoms with E-state index in [-0.39, 0.29) is 25.1 Å². The summed E-state index contributed by atoms with van der Waals surface area (Å²) in [5.74, 6) is -2.20. The lowest BCUT2D eigenvalue weighted by Crippen LogP contribution is -2.54. The number of carbonyl (C=O) groups excluding carboxylic acids is 3. The van der Waals surface area contributed by atoms with Crippen molar-refractivity contribution in [3.63, 3.8) is 0 Å². The average molecular weight is 697 g/mol. The fraction of sp³-hybridized carbons (Fsp3) is 0.667. The van der Waals surface area contributed by atoms with Crippen LogP contribution < -0.4 is 10.6 Å². The number of hydrogen-bond acceptors (Lipinski definition) is 9. The lowest BCUT2D eigenvalue weighted by Gasteiger charge is -2.31. The fourth-order valence-electron chi connectivity index (χ4n) is 7.41. The zero-order valence-electron chi connectivity index (χ0n) is 29.8. The predicted molar refractivity (Wildman–Crippen MR) is 188 cm³/mol. The van der Waals surface area contributed by atoms with Crippen molar-refractivity contribution in [2.24, 2.45) is 5.92 Å². The second-order valence-corrected chi connectivity index (χ2v) is 14.3. The molecule has 3 fully saturated rings. The predicted octanol–water partition coefficient (Wildman–Crippen LogP) is 4.74. The fourth-order valence-corrected chi connectivity index (χ4v) is 7.41. The van der Waals surface area contributed by atoms with Gasteiger partial charge < -0.3 is 39.8 Å². The van der Waals surface area contributed by atoms with Gasteiger partial charge in [-0.15, -0.1) is 0 Å². The molecule has 11 heteroatoms. The molecule has 3 unspecified atom stereocenters. The number of allylic oxidation sites excluding steroid dienone is 1. The third-order valence-corrected chi connectivity index (χ3v) is 10.3. The second-order valence-electron chi connectivity index (χ2n) is 14.3. The molecule has 2 saturated heterocycles. The van der Waals surface area contributed by atoms with Gasteiger partial charge in [-0.3, -0.25) is 9.59 Å². The van der Waals surface area contributed by atoms with Gasteiger partial charge in [0.05, 0.1) is 30.5 Å². The summed E-state index contributed by atoms with van der Waals surface area (Å²) in [5.41, 5.74) is 1.45. The van der Waals surface area contributed by atoms with Gasteiger partial charge in [-0.05, 0) is 62.7 Å². The van der Waals surface area contributed by atoms with Gasteiger partial charge in [-0.1, -0.05) is 69.9 Å². The van der Waals surface area contributed by atoms with Crippen molar-refractivity contribution in [1.82, 2.24) is 10.6 Å². The Kier molecular flexibility index (Phi) is 13.7. The third kappa shape index (κ3) is 9.82. The summed E-state index contributed by atoms with van der Waals surface area (Å²) in [4.78, 5) is 40.4. The van der Waals surface area contributed by atoms with Crippen LogP contribution in [0.3, 0.4) is 0 Å². The van der Waals surface area contributed by atoms with Crippen molar-refractivity contribution in [1.29, 1.82) is 0 Å². The van der Waals surface area contributed by atoms with E-state index < -0.39 is 54.0 Å². The molecule has 0 spiro atoms. The quantitative estimate of drug-likeness (QED) is 0.0968. The van der Waals surface area contributed by atoms with Crippen molar-refractivity contribution in [3.8, 4) is 0 Å². The van der Waals surface area contributed by atoms with Crippen LogP contribution in [0.2, 0.25) is 0 Å². The smallest absolute Gasteiger partial charge is 0.339 e. The average Bonchev–Trinajstić information content (AvgIpc) is 3.79. The van der Waals surface area contributed by atoms with Crippen LogP contribution in [-0.2, 0) is 28.5 Å². The van der Waals surface area contributed by atoms with Crippen LogP contribution in [0.4, 0.5) is 0 Å². The van der Waals surface area contributed by atoms with Crippen molar-refractivity contribution >= 4 is 23.9 Å². The van der Waals surface area contributed by atoms with Crippen LogP contribution in [0.25, 0.3) is 6.08 Å². The molecule has 0 aromatic heterocycles. The molecule has 4 N–H and O–H groups in total. The summed E-state index contributed by atoms with van der Waals surface area (Å²) in [6, 6.07) is 6.09. The van der Waals surface area contributed by atoms with E-state index in [9.17, 15) is 19.5 Å². The molecule has 2 heterocycles. The first-order valence-corrected chi connectivity index (χ1v) is 18.7. The van der Waals surface area contributed by atoms with E-state index >= 15 is 0 Å². The lowest BCUT2D eigenvalue weighted by molar-refractivity contribution is -0.190.